The minimum atomic E-state index is -2.27. The molecule has 1 unspecified atom stereocenters. The summed E-state index contributed by atoms with van der Waals surface area (Å²) in [6.07, 6.45) is 4.30. The standard InChI is InChI=1S/C23H26N4O.C4H6O6/c1-27-14-15(7-9-25-23(28)16-4-3-8-24-12-16)10-19-18-5-2-6-20-22(18)17(13-26-20)11-21(19)27;5-1(3(7)8)2(6)4(9)10/h2-6,8,12-13,15,19,21,26H,7,9-11,14H2,1H3,(H,25,28);1-2,5-6H,(H,7,8)(H,9,10)/t15-,19?,21-;1-,2-/m11/s1. The number of aromatic nitrogens is 2. The molecule has 0 spiro atoms. The second-order valence-corrected chi connectivity index (χ2v) is 9.86. The summed E-state index contributed by atoms with van der Waals surface area (Å²) in [7, 11) is 2.26. The van der Waals surface area contributed by atoms with E-state index in [0.717, 1.165) is 19.4 Å². The first-order valence-corrected chi connectivity index (χ1v) is 12.5. The predicted octanol–water partition coefficient (Wildman–Crippen LogP) is 1.22. The molecule has 0 saturated carbocycles. The van der Waals surface area contributed by atoms with Gasteiger partial charge in [-0.15, -0.1) is 0 Å². The topological polar surface area (TPSA) is 176 Å². The van der Waals surface area contributed by atoms with E-state index in [2.05, 4.69) is 51.6 Å². The zero-order valence-corrected chi connectivity index (χ0v) is 20.9. The third-order valence-corrected chi connectivity index (χ3v) is 7.38. The van der Waals surface area contributed by atoms with Gasteiger partial charge in [-0.3, -0.25) is 9.78 Å². The molecule has 1 amide bonds. The van der Waals surface area contributed by atoms with Crippen molar-refractivity contribution in [1.82, 2.24) is 20.2 Å². The normalized spacial score (nSPS) is 21.9. The number of carbonyl (C=O) groups excluding carboxylic acids is 1. The van der Waals surface area contributed by atoms with Crippen molar-refractivity contribution in [2.24, 2.45) is 5.92 Å². The number of likely N-dealkylation sites (tertiary alicyclic amines) is 1. The van der Waals surface area contributed by atoms with Gasteiger partial charge >= 0.3 is 11.9 Å². The lowest BCUT2D eigenvalue weighted by molar-refractivity contribution is -0.165. The molecule has 5 atom stereocenters. The highest BCUT2D eigenvalue weighted by Crippen LogP contribution is 2.44. The maximum absolute atomic E-state index is 12.2. The highest BCUT2D eigenvalue weighted by atomic mass is 16.4. The van der Waals surface area contributed by atoms with E-state index in [1.807, 2.05) is 0 Å². The van der Waals surface area contributed by atoms with Crippen molar-refractivity contribution < 1.29 is 34.8 Å². The van der Waals surface area contributed by atoms with Crippen LogP contribution in [0.5, 0.6) is 0 Å². The van der Waals surface area contributed by atoms with Crippen LogP contribution < -0.4 is 5.32 Å². The predicted molar refractivity (Wildman–Crippen MR) is 138 cm³/mol. The molecule has 1 aliphatic heterocycles. The number of nitrogens with zero attached hydrogens (tertiary/aromatic N) is 2. The fraction of sp³-hybridized carbons (Fsp3) is 0.407. The summed E-state index contributed by atoms with van der Waals surface area (Å²) in [4.78, 5) is 41.8. The van der Waals surface area contributed by atoms with Gasteiger partial charge in [-0.1, -0.05) is 12.1 Å². The van der Waals surface area contributed by atoms with E-state index in [-0.39, 0.29) is 5.91 Å². The second-order valence-electron chi connectivity index (χ2n) is 9.86. The zero-order valence-electron chi connectivity index (χ0n) is 20.9. The molecule has 2 aliphatic rings. The molecule has 202 valence electrons. The van der Waals surface area contributed by atoms with Crippen LogP contribution in [0.25, 0.3) is 10.9 Å². The third-order valence-electron chi connectivity index (χ3n) is 7.38. The Morgan fingerprint density at radius 1 is 1.13 bits per heavy atom. The smallest absolute Gasteiger partial charge is 0.335 e. The van der Waals surface area contributed by atoms with Crippen LogP contribution >= 0.6 is 0 Å². The molecule has 3 aromatic rings. The van der Waals surface area contributed by atoms with E-state index in [0.29, 0.717) is 30.0 Å². The number of aliphatic hydroxyl groups is 2. The van der Waals surface area contributed by atoms with Gasteiger partial charge in [0.15, 0.2) is 12.2 Å². The molecular formula is C27H32N4O7. The van der Waals surface area contributed by atoms with E-state index < -0.39 is 24.1 Å². The van der Waals surface area contributed by atoms with Crippen molar-refractivity contribution in [2.75, 3.05) is 20.1 Å². The van der Waals surface area contributed by atoms with Gasteiger partial charge in [-0.05, 0) is 61.6 Å². The maximum atomic E-state index is 12.2. The Hall–Kier alpha value is -3.80. The molecule has 1 fully saturated rings. The number of benzene rings is 1. The van der Waals surface area contributed by atoms with Crippen LogP contribution in [-0.4, -0.2) is 91.5 Å². The summed E-state index contributed by atoms with van der Waals surface area (Å²) in [6, 6.07) is 10.9. The molecule has 5 rings (SSSR count). The van der Waals surface area contributed by atoms with Gasteiger partial charge < -0.3 is 35.6 Å². The minimum absolute atomic E-state index is 0.0328. The summed E-state index contributed by atoms with van der Waals surface area (Å²) < 4.78 is 0. The average Bonchev–Trinajstić information content (AvgIpc) is 3.33. The number of nitrogens with one attached hydrogen (secondary N) is 2. The van der Waals surface area contributed by atoms with Gasteiger partial charge in [-0.25, -0.2) is 9.59 Å². The molecule has 11 heteroatoms. The number of H-pyrrole nitrogens is 1. The Morgan fingerprint density at radius 2 is 1.87 bits per heavy atom. The van der Waals surface area contributed by atoms with E-state index in [9.17, 15) is 14.4 Å². The van der Waals surface area contributed by atoms with Crippen molar-refractivity contribution in [3.8, 4) is 0 Å². The third kappa shape index (κ3) is 5.85. The highest BCUT2D eigenvalue weighted by Gasteiger charge is 2.39. The number of carbonyl (C=O) groups is 3. The summed E-state index contributed by atoms with van der Waals surface area (Å²) in [5.41, 5.74) is 4.85. The summed E-state index contributed by atoms with van der Waals surface area (Å²) in [5.74, 6) is -2.40. The van der Waals surface area contributed by atoms with Crippen molar-refractivity contribution in [3.05, 3.63) is 65.6 Å². The number of aromatic amines is 1. The van der Waals surface area contributed by atoms with Crippen molar-refractivity contribution in [3.63, 3.8) is 0 Å². The first kappa shape index (κ1) is 27.2. The van der Waals surface area contributed by atoms with Gasteiger partial charge in [0.05, 0.1) is 5.56 Å². The van der Waals surface area contributed by atoms with Crippen LogP contribution in [0.4, 0.5) is 0 Å². The van der Waals surface area contributed by atoms with E-state index in [1.165, 1.54) is 28.5 Å². The molecule has 6 N–H and O–H groups in total. The molecule has 11 nitrogen and oxygen atoms in total. The minimum Gasteiger partial charge on any atom is -0.479 e. The number of rotatable bonds is 7. The Labute approximate surface area is 219 Å². The molecule has 0 radical (unpaired) electrons. The number of piperidine rings is 1. The molecule has 2 aromatic heterocycles. The van der Waals surface area contributed by atoms with Gasteiger partial charge in [0.2, 0.25) is 0 Å². The van der Waals surface area contributed by atoms with Crippen LogP contribution in [0.2, 0.25) is 0 Å². The lowest BCUT2D eigenvalue weighted by Crippen LogP contribution is -2.48. The van der Waals surface area contributed by atoms with E-state index in [1.54, 1.807) is 24.5 Å². The van der Waals surface area contributed by atoms with Crippen molar-refractivity contribution >= 4 is 28.7 Å². The monoisotopic (exact) mass is 524 g/mol. The average molecular weight is 525 g/mol. The van der Waals surface area contributed by atoms with Crippen LogP contribution in [0.15, 0.2) is 48.9 Å². The Bertz CT molecular complexity index is 1280. The zero-order chi connectivity index (χ0) is 27.4. The van der Waals surface area contributed by atoms with Crippen molar-refractivity contribution in [2.45, 2.75) is 43.4 Å². The fourth-order valence-corrected chi connectivity index (χ4v) is 5.52. The van der Waals surface area contributed by atoms with Crippen LogP contribution in [0.1, 0.15) is 40.2 Å². The molecule has 38 heavy (non-hydrogen) atoms. The van der Waals surface area contributed by atoms with E-state index >= 15 is 0 Å². The van der Waals surface area contributed by atoms with Crippen LogP contribution in [0.3, 0.4) is 0 Å². The van der Waals surface area contributed by atoms with Crippen molar-refractivity contribution in [1.29, 1.82) is 0 Å². The molecule has 1 saturated heterocycles. The quantitative estimate of drug-likeness (QED) is 0.265. The number of amides is 1. The maximum Gasteiger partial charge on any atom is 0.335 e. The second kappa shape index (κ2) is 11.7. The SMILES string of the molecule is CN1C[C@H](CCNC(=O)c2cccnc2)CC2c3cccc4[nH]cc(c34)C[C@H]21.O=C(O)[C@H](O)[C@@H](O)C(=O)O. The number of aliphatic hydroxyl groups excluding tert-OH is 2. The number of aliphatic carboxylic acids is 2. The Balaban J connectivity index is 0.000000289. The number of hydrogen-bond acceptors (Lipinski definition) is 7. The number of pyridine rings is 1. The summed E-state index contributed by atoms with van der Waals surface area (Å²) in [6.45, 7) is 1.81. The van der Waals surface area contributed by atoms with Crippen LogP contribution in [0, 0.1) is 5.92 Å². The molecular weight excluding hydrogens is 492 g/mol. The lowest BCUT2D eigenvalue weighted by atomic mass is 9.72. The van der Waals surface area contributed by atoms with Gasteiger partial charge in [0, 0.05) is 54.5 Å². The highest BCUT2D eigenvalue weighted by molar-refractivity contribution is 5.93. The fourth-order valence-electron chi connectivity index (χ4n) is 5.52. The van der Waals surface area contributed by atoms with Gasteiger partial charge in [-0.2, -0.15) is 0 Å². The lowest BCUT2D eigenvalue weighted by Gasteiger charge is -2.45. The number of carboxylic acid groups (broad SMARTS) is 2. The molecule has 1 aliphatic carbocycles. The number of hydrogen-bond donors (Lipinski definition) is 6. The van der Waals surface area contributed by atoms with Gasteiger partial charge in [0.25, 0.3) is 5.91 Å². The number of carboxylic acids is 2. The molecule has 1 aromatic carbocycles. The first-order valence-electron chi connectivity index (χ1n) is 12.5. The summed E-state index contributed by atoms with van der Waals surface area (Å²) in [5, 5.41) is 37.0. The Morgan fingerprint density at radius 3 is 2.53 bits per heavy atom. The Kier molecular flexibility index (Phi) is 8.40. The van der Waals surface area contributed by atoms with E-state index in [4.69, 9.17) is 20.4 Å². The number of likely N-dealkylation sites (N-methyl/N-ethyl adjacent to an activating group) is 1. The largest absolute Gasteiger partial charge is 0.479 e. The van der Waals surface area contributed by atoms with Crippen LogP contribution in [-0.2, 0) is 16.0 Å². The number of fused-ring (bicyclic) bond motifs is 2. The first-order chi connectivity index (χ1) is 18.2. The molecule has 3 heterocycles. The van der Waals surface area contributed by atoms with Gasteiger partial charge in [0.1, 0.15) is 0 Å². The summed E-state index contributed by atoms with van der Waals surface area (Å²) >= 11 is 0. The molecule has 0 bridgehead atoms.